The zero-order chi connectivity index (χ0) is 14.6. The molecule has 0 saturated heterocycles. The van der Waals surface area contributed by atoms with Gasteiger partial charge in [-0.05, 0) is 37.5 Å². The highest BCUT2D eigenvalue weighted by atomic mass is 127. The highest BCUT2D eigenvalue weighted by Crippen LogP contribution is 2.44. The van der Waals surface area contributed by atoms with E-state index in [9.17, 15) is 0 Å². The van der Waals surface area contributed by atoms with Crippen molar-refractivity contribution in [1.29, 1.82) is 0 Å². The summed E-state index contributed by atoms with van der Waals surface area (Å²) in [4.78, 5) is 4.50. The van der Waals surface area contributed by atoms with Crippen LogP contribution in [0.3, 0.4) is 0 Å². The Balaban J connectivity index is 0.00000220. The van der Waals surface area contributed by atoms with E-state index in [0.717, 1.165) is 30.0 Å². The lowest BCUT2D eigenvalue weighted by atomic mass is 9.64. The van der Waals surface area contributed by atoms with Gasteiger partial charge in [-0.25, -0.2) is 0 Å². The molecule has 0 radical (unpaired) electrons. The van der Waals surface area contributed by atoms with Crippen molar-refractivity contribution >= 4 is 41.5 Å². The molecule has 3 N–H and O–H groups in total. The van der Waals surface area contributed by atoms with Gasteiger partial charge in [0.2, 0.25) is 0 Å². The Morgan fingerprint density at radius 2 is 2.00 bits per heavy atom. The van der Waals surface area contributed by atoms with Crippen molar-refractivity contribution in [3.8, 4) is 0 Å². The van der Waals surface area contributed by atoms with Crippen LogP contribution in [0.15, 0.2) is 41.4 Å². The molecule has 1 fully saturated rings. The summed E-state index contributed by atoms with van der Waals surface area (Å²) in [6.07, 6.45) is 3.56. The molecular formula is C16H23ClIN3. The van der Waals surface area contributed by atoms with Gasteiger partial charge in [-0.3, -0.25) is 4.99 Å². The van der Waals surface area contributed by atoms with Crippen molar-refractivity contribution in [2.75, 3.05) is 13.1 Å². The fourth-order valence-electron chi connectivity index (χ4n) is 2.48. The van der Waals surface area contributed by atoms with Crippen molar-refractivity contribution in [1.82, 2.24) is 5.32 Å². The van der Waals surface area contributed by atoms with Gasteiger partial charge >= 0.3 is 0 Å². The van der Waals surface area contributed by atoms with E-state index < -0.39 is 0 Å². The van der Waals surface area contributed by atoms with Crippen molar-refractivity contribution in [2.45, 2.75) is 31.6 Å². The second-order valence-electron chi connectivity index (χ2n) is 5.65. The normalized spacial score (nSPS) is 16.6. The maximum absolute atomic E-state index is 5.96. The van der Waals surface area contributed by atoms with Gasteiger partial charge in [-0.2, -0.15) is 0 Å². The van der Waals surface area contributed by atoms with Gasteiger partial charge in [-0.1, -0.05) is 42.3 Å². The largest absolute Gasteiger partial charge is 0.370 e. The molecule has 1 aromatic carbocycles. The van der Waals surface area contributed by atoms with Gasteiger partial charge in [0, 0.05) is 17.0 Å². The number of nitrogens with zero attached hydrogens (tertiary/aromatic N) is 1. The number of halogens is 2. The first kappa shape index (κ1) is 18.3. The fourth-order valence-corrected chi connectivity index (χ4v) is 2.60. The lowest BCUT2D eigenvalue weighted by molar-refractivity contribution is 0.253. The quantitative estimate of drug-likeness (QED) is 0.329. The number of nitrogens with one attached hydrogen (secondary N) is 1. The predicted molar refractivity (Wildman–Crippen MR) is 102 cm³/mol. The molecule has 0 heterocycles. The van der Waals surface area contributed by atoms with Crippen molar-refractivity contribution in [3.05, 3.63) is 47.0 Å². The van der Waals surface area contributed by atoms with Crippen LogP contribution in [-0.2, 0) is 5.41 Å². The van der Waals surface area contributed by atoms with E-state index in [2.05, 4.69) is 29.0 Å². The molecular weight excluding hydrogens is 397 g/mol. The lowest BCUT2D eigenvalue weighted by Gasteiger charge is -2.41. The van der Waals surface area contributed by atoms with E-state index in [4.69, 9.17) is 17.3 Å². The molecule has 5 heteroatoms. The number of guanidine groups is 1. The van der Waals surface area contributed by atoms with Gasteiger partial charge in [0.1, 0.15) is 0 Å². The van der Waals surface area contributed by atoms with Crippen LogP contribution in [0.5, 0.6) is 0 Å². The molecule has 0 bridgehead atoms. The van der Waals surface area contributed by atoms with Crippen LogP contribution in [0.4, 0.5) is 0 Å². The molecule has 0 spiro atoms. The Hall–Kier alpha value is -0.750. The van der Waals surface area contributed by atoms with Crippen molar-refractivity contribution in [3.63, 3.8) is 0 Å². The minimum absolute atomic E-state index is 0. The maximum atomic E-state index is 5.96. The van der Waals surface area contributed by atoms with Gasteiger partial charge in [0.05, 0.1) is 6.54 Å². The average Bonchev–Trinajstić information content (AvgIpc) is 2.37. The Kier molecular flexibility index (Phi) is 7.00. The molecule has 1 aliphatic rings. The topological polar surface area (TPSA) is 50.4 Å². The third-order valence-electron chi connectivity index (χ3n) is 3.89. The SMILES string of the molecule is C=C(C)CNC(N)=NCC1(c2ccc(Cl)cc2)CCC1.I. The van der Waals surface area contributed by atoms with Crippen molar-refractivity contribution < 1.29 is 0 Å². The number of rotatable bonds is 5. The summed E-state index contributed by atoms with van der Waals surface area (Å²) in [6, 6.07) is 8.11. The van der Waals surface area contributed by atoms with E-state index in [1.54, 1.807) is 0 Å². The first-order valence-electron chi connectivity index (χ1n) is 6.96. The van der Waals surface area contributed by atoms with Crippen LogP contribution >= 0.6 is 35.6 Å². The zero-order valence-corrected chi connectivity index (χ0v) is 15.4. The average molecular weight is 420 g/mol. The number of nitrogens with two attached hydrogens (primary N) is 1. The summed E-state index contributed by atoms with van der Waals surface area (Å²) in [5.41, 5.74) is 8.38. The summed E-state index contributed by atoms with van der Waals surface area (Å²) in [7, 11) is 0. The molecule has 2 rings (SSSR count). The van der Waals surface area contributed by atoms with E-state index in [0.29, 0.717) is 12.5 Å². The second-order valence-corrected chi connectivity index (χ2v) is 6.09. The van der Waals surface area contributed by atoms with E-state index in [-0.39, 0.29) is 29.4 Å². The Bertz CT molecular complexity index is 507. The molecule has 0 atom stereocenters. The van der Waals surface area contributed by atoms with Crippen LogP contribution < -0.4 is 11.1 Å². The number of hydrogen-bond donors (Lipinski definition) is 2. The third-order valence-corrected chi connectivity index (χ3v) is 4.14. The Morgan fingerprint density at radius 3 is 2.48 bits per heavy atom. The first-order valence-corrected chi connectivity index (χ1v) is 7.34. The summed E-state index contributed by atoms with van der Waals surface area (Å²) in [6.45, 7) is 7.19. The molecule has 0 aliphatic heterocycles. The summed E-state index contributed by atoms with van der Waals surface area (Å²) in [5, 5.41) is 3.84. The molecule has 0 unspecified atom stereocenters. The van der Waals surface area contributed by atoms with Crippen LogP contribution in [0.2, 0.25) is 5.02 Å². The number of aliphatic imine (C=N–C) groups is 1. The molecule has 1 saturated carbocycles. The molecule has 0 amide bonds. The molecule has 1 aliphatic carbocycles. The Labute approximate surface area is 149 Å². The van der Waals surface area contributed by atoms with Crippen LogP contribution in [-0.4, -0.2) is 19.0 Å². The lowest BCUT2D eigenvalue weighted by Crippen LogP contribution is -2.40. The fraction of sp³-hybridized carbons (Fsp3) is 0.438. The standard InChI is InChI=1S/C16H22ClN3.HI/c1-12(2)10-19-15(18)20-11-16(8-3-9-16)13-4-6-14(17)7-5-13;/h4-7H,1,3,8-11H2,2H3,(H3,18,19,20);1H. The van der Waals surface area contributed by atoms with Gasteiger partial charge < -0.3 is 11.1 Å². The zero-order valence-electron chi connectivity index (χ0n) is 12.4. The van der Waals surface area contributed by atoms with Crippen LogP contribution in [0.25, 0.3) is 0 Å². The highest BCUT2D eigenvalue weighted by Gasteiger charge is 2.38. The van der Waals surface area contributed by atoms with Crippen molar-refractivity contribution in [2.24, 2.45) is 10.7 Å². The van der Waals surface area contributed by atoms with Crippen LogP contribution in [0, 0.1) is 0 Å². The van der Waals surface area contributed by atoms with Gasteiger partial charge in [-0.15, -0.1) is 24.0 Å². The van der Waals surface area contributed by atoms with Gasteiger partial charge in [0.25, 0.3) is 0 Å². The molecule has 116 valence electrons. The number of hydrogen-bond acceptors (Lipinski definition) is 1. The number of benzene rings is 1. The van der Waals surface area contributed by atoms with Crippen LogP contribution in [0.1, 0.15) is 31.7 Å². The maximum Gasteiger partial charge on any atom is 0.188 e. The molecule has 1 aromatic rings. The summed E-state index contributed by atoms with van der Waals surface area (Å²) < 4.78 is 0. The minimum atomic E-state index is 0. The molecule has 0 aromatic heterocycles. The van der Waals surface area contributed by atoms with Gasteiger partial charge in [0.15, 0.2) is 5.96 Å². The molecule has 21 heavy (non-hydrogen) atoms. The highest BCUT2D eigenvalue weighted by molar-refractivity contribution is 14.0. The van der Waals surface area contributed by atoms with E-state index in [1.165, 1.54) is 12.0 Å². The Morgan fingerprint density at radius 1 is 1.38 bits per heavy atom. The van der Waals surface area contributed by atoms with E-state index in [1.807, 2.05) is 19.1 Å². The first-order chi connectivity index (χ1) is 9.52. The smallest absolute Gasteiger partial charge is 0.188 e. The minimum Gasteiger partial charge on any atom is -0.370 e. The summed E-state index contributed by atoms with van der Waals surface area (Å²) in [5.74, 6) is 0.494. The van der Waals surface area contributed by atoms with E-state index >= 15 is 0 Å². The second kappa shape index (κ2) is 8.03. The predicted octanol–water partition coefficient (Wildman–Crippen LogP) is 3.86. The molecule has 3 nitrogen and oxygen atoms in total. The summed E-state index contributed by atoms with van der Waals surface area (Å²) >= 11 is 5.96. The third kappa shape index (κ3) is 4.88. The monoisotopic (exact) mass is 419 g/mol.